The van der Waals surface area contributed by atoms with Crippen LogP contribution < -0.4 is 10.2 Å². The highest BCUT2D eigenvalue weighted by Crippen LogP contribution is 2.12. The SMILES string of the molecule is CN(C)c1ccc(CNC(CCC(=O)O)C(=O)O)cc1. The van der Waals surface area contributed by atoms with E-state index < -0.39 is 18.0 Å². The third kappa shape index (κ3) is 5.27. The van der Waals surface area contributed by atoms with E-state index in [9.17, 15) is 9.59 Å². The number of hydrogen-bond donors (Lipinski definition) is 3. The third-order valence-corrected chi connectivity index (χ3v) is 2.95. The van der Waals surface area contributed by atoms with E-state index in [0.29, 0.717) is 6.54 Å². The number of carboxylic acids is 2. The van der Waals surface area contributed by atoms with Crippen molar-refractivity contribution in [1.29, 1.82) is 0 Å². The highest BCUT2D eigenvalue weighted by molar-refractivity contribution is 5.75. The molecule has 0 spiro atoms. The summed E-state index contributed by atoms with van der Waals surface area (Å²) in [4.78, 5) is 23.5. The number of nitrogens with one attached hydrogen (secondary N) is 1. The van der Waals surface area contributed by atoms with Crippen LogP contribution in [-0.4, -0.2) is 42.3 Å². The summed E-state index contributed by atoms with van der Waals surface area (Å²) in [6.07, 6.45) is -0.0933. The lowest BCUT2D eigenvalue weighted by atomic mass is 10.1. The monoisotopic (exact) mass is 280 g/mol. The fraction of sp³-hybridized carbons (Fsp3) is 0.429. The van der Waals surface area contributed by atoms with Crippen molar-refractivity contribution < 1.29 is 19.8 Å². The largest absolute Gasteiger partial charge is 0.481 e. The van der Waals surface area contributed by atoms with Crippen molar-refractivity contribution in [1.82, 2.24) is 5.32 Å². The van der Waals surface area contributed by atoms with Gasteiger partial charge in [0.25, 0.3) is 0 Å². The molecule has 0 fully saturated rings. The number of anilines is 1. The molecule has 20 heavy (non-hydrogen) atoms. The van der Waals surface area contributed by atoms with Gasteiger partial charge >= 0.3 is 11.9 Å². The van der Waals surface area contributed by atoms with Gasteiger partial charge in [-0.25, -0.2) is 0 Å². The molecule has 1 unspecified atom stereocenters. The molecule has 1 aromatic rings. The molecular weight excluding hydrogens is 260 g/mol. The predicted molar refractivity (Wildman–Crippen MR) is 75.9 cm³/mol. The van der Waals surface area contributed by atoms with Crippen LogP contribution in [0.1, 0.15) is 18.4 Å². The summed E-state index contributed by atoms with van der Waals surface area (Å²) in [5.41, 5.74) is 2.02. The molecule has 6 heteroatoms. The molecule has 0 amide bonds. The molecule has 0 aliphatic heterocycles. The number of aliphatic carboxylic acids is 2. The van der Waals surface area contributed by atoms with Crippen LogP contribution in [0.25, 0.3) is 0 Å². The summed E-state index contributed by atoms with van der Waals surface area (Å²) in [7, 11) is 3.89. The van der Waals surface area contributed by atoms with Gasteiger partial charge in [-0.3, -0.25) is 9.59 Å². The van der Waals surface area contributed by atoms with E-state index in [0.717, 1.165) is 11.3 Å². The molecule has 0 saturated heterocycles. The Labute approximate surface area is 118 Å². The molecule has 0 saturated carbocycles. The van der Waals surface area contributed by atoms with Gasteiger partial charge in [-0.15, -0.1) is 0 Å². The van der Waals surface area contributed by atoms with Crippen LogP contribution >= 0.6 is 0 Å². The molecule has 0 heterocycles. The van der Waals surface area contributed by atoms with E-state index in [2.05, 4.69) is 5.32 Å². The standard InChI is InChI=1S/C14H20N2O4/c1-16(2)11-5-3-10(4-6-11)9-15-12(14(19)20)7-8-13(17)18/h3-6,12,15H,7-9H2,1-2H3,(H,17,18)(H,19,20). The van der Waals surface area contributed by atoms with Crippen molar-refractivity contribution in [3.05, 3.63) is 29.8 Å². The van der Waals surface area contributed by atoms with Crippen LogP contribution in [0.4, 0.5) is 5.69 Å². The molecule has 0 radical (unpaired) electrons. The van der Waals surface area contributed by atoms with Crippen LogP contribution in [0, 0.1) is 0 Å². The number of nitrogens with zero attached hydrogens (tertiary/aromatic N) is 1. The Morgan fingerprint density at radius 3 is 2.25 bits per heavy atom. The fourth-order valence-corrected chi connectivity index (χ4v) is 1.73. The predicted octanol–water partition coefficient (Wildman–Crippen LogP) is 1.16. The number of carbonyl (C=O) groups is 2. The number of benzene rings is 1. The van der Waals surface area contributed by atoms with Crippen molar-refractivity contribution >= 4 is 17.6 Å². The van der Waals surface area contributed by atoms with Crippen LogP contribution in [0.5, 0.6) is 0 Å². The number of hydrogen-bond acceptors (Lipinski definition) is 4. The molecule has 0 aliphatic carbocycles. The van der Waals surface area contributed by atoms with E-state index in [-0.39, 0.29) is 12.8 Å². The summed E-state index contributed by atoms with van der Waals surface area (Å²) in [6.45, 7) is 0.393. The third-order valence-electron chi connectivity index (χ3n) is 2.95. The van der Waals surface area contributed by atoms with Crippen LogP contribution in [0.15, 0.2) is 24.3 Å². The second-order valence-corrected chi connectivity index (χ2v) is 4.77. The molecule has 3 N–H and O–H groups in total. The second-order valence-electron chi connectivity index (χ2n) is 4.77. The lowest BCUT2D eigenvalue weighted by Crippen LogP contribution is -2.36. The minimum absolute atomic E-state index is 0.0699. The Hall–Kier alpha value is -2.08. The average Bonchev–Trinajstić information content (AvgIpc) is 2.38. The second kappa shape index (κ2) is 7.49. The average molecular weight is 280 g/mol. The smallest absolute Gasteiger partial charge is 0.320 e. The lowest BCUT2D eigenvalue weighted by Gasteiger charge is -2.15. The molecule has 1 aromatic carbocycles. The van der Waals surface area contributed by atoms with E-state index in [1.807, 2.05) is 43.3 Å². The first-order valence-corrected chi connectivity index (χ1v) is 6.34. The van der Waals surface area contributed by atoms with Crippen LogP contribution in [0.3, 0.4) is 0 Å². The Balaban J connectivity index is 2.54. The Kier molecular flexibility index (Phi) is 5.99. The molecular formula is C14H20N2O4. The van der Waals surface area contributed by atoms with Gasteiger partial charge in [0.2, 0.25) is 0 Å². The van der Waals surface area contributed by atoms with Gasteiger partial charge in [0.1, 0.15) is 6.04 Å². The van der Waals surface area contributed by atoms with Gasteiger partial charge in [-0.1, -0.05) is 12.1 Å². The highest BCUT2D eigenvalue weighted by atomic mass is 16.4. The molecule has 110 valence electrons. The molecule has 6 nitrogen and oxygen atoms in total. The Morgan fingerprint density at radius 2 is 1.80 bits per heavy atom. The van der Waals surface area contributed by atoms with Crippen molar-refractivity contribution in [3.63, 3.8) is 0 Å². The molecule has 0 bridgehead atoms. The fourth-order valence-electron chi connectivity index (χ4n) is 1.73. The van der Waals surface area contributed by atoms with Gasteiger partial charge in [-0.05, 0) is 24.1 Å². The first-order chi connectivity index (χ1) is 9.40. The number of carboxylic acid groups (broad SMARTS) is 2. The molecule has 0 aliphatic rings. The summed E-state index contributed by atoms with van der Waals surface area (Å²) in [6, 6.07) is 6.88. The molecule has 1 rings (SSSR count). The minimum atomic E-state index is -1.03. The summed E-state index contributed by atoms with van der Waals surface area (Å²) >= 11 is 0. The topological polar surface area (TPSA) is 89.9 Å². The van der Waals surface area contributed by atoms with Crippen molar-refractivity contribution in [2.75, 3.05) is 19.0 Å². The zero-order valence-electron chi connectivity index (χ0n) is 11.7. The van der Waals surface area contributed by atoms with Crippen molar-refractivity contribution in [2.45, 2.75) is 25.4 Å². The summed E-state index contributed by atoms with van der Waals surface area (Å²) in [5.74, 6) is -2.02. The minimum Gasteiger partial charge on any atom is -0.481 e. The van der Waals surface area contributed by atoms with E-state index >= 15 is 0 Å². The normalized spacial score (nSPS) is 11.9. The van der Waals surface area contributed by atoms with Crippen LogP contribution in [-0.2, 0) is 16.1 Å². The Bertz CT molecular complexity index is 457. The molecule has 1 atom stereocenters. The quantitative estimate of drug-likeness (QED) is 0.662. The van der Waals surface area contributed by atoms with E-state index in [1.54, 1.807) is 0 Å². The van der Waals surface area contributed by atoms with Gasteiger partial charge in [0.05, 0.1) is 0 Å². The first kappa shape index (κ1) is 16.0. The maximum absolute atomic E-state index is 11.0. The maximum atomic E-state index is 11.0. The van der Waals surface area contributed by atoms with Crippen molar-refractivity contribution in [2.24, 2.45) is 0 Å². The van der Waals surface area contributed by atoms with E-state index in [1.165, 1.54) is 0 Å². The maximum Gasteiger partial charge on any atom is 0.320 e. The van der Waals surface area contributed by atoms with Crippen LogP contribution in [0.2, 0.25) is 0 Å². The lowest BCUT2D eigenvalue weighted by molar-refractivity contribution is -0.140. The number of rotatable bonds is 8. The van der Waals surface area contributed by atoms with Gasteiger partial charge in [0.15, 0.2) is 0 Å². The van der Waals surface area contributed by atoms with Gasteiger partial charge in [0, 0.05) is 32.7 Å². The summed E-state index contributed by atoms with van der Waals surface area (Å²) in [5, 5.41) is 20.5. The van der Waals surface area contributed by atoms with Gasteiger partial charge < -0.3 is 20.4 Å². The summed E-state index contributed by atoms with van der Waals surface area (Å²) < 4.78 is 0. The Morgan fingerprint density at radius 1 is 1.20 bits per heavy atom. The van der Waals surface area contributed by atoms with Gasteiger partial charge in [-0.2, -0.15) is 0 Å². The zero-order chi connectivity index (χ0) is 15.1. The van der Waals surface area contributed by atoms with E-state index in [4.69, 9.17) is 10.2 Å². The van der Waals surface area contributed by atoms with Crippen molar-refractivity contribution in [3.8, 4) is 0 Å². The highest BCUT2D eigenvalue weighted by Gasteiger charge is 2.17. The zero-order valence-corrected chi connectivity index (χ0v) is 11.7. The molecule has 0 aromatic heterocycles. The first-order valence-electron chi connectivity index (χ1n) is 6.34.